The van der Waals surface area contributed by atoms with Gasteiger partial charge in [0.1, 0.15) is 5.75 Å². The third kappa shape index (κ3) is 2.26. The molecule has 2 fully saturated rings. The Balaban J connectivity index is 1.52. The molecule has 0 radical (unpaired) electrons. The fraction of sp³-hybridized carbons (Fsp3) is 0.625. The van der Waals surface area contributed by atoms with E-state index in [1.807, 2.05) is 6.07 Å². The van der Waals surface area contributed by atoms with E-state index in [1.165, 1.54) is 31.2 Å². The highest BCUT2D eigenvalue weighted by atomic mass is 16.5. The molecule has 0 aliphatic heterocycles. The van der Waals surface area contributed by atoms with Gasteiger partial charge in [-0.25, -0.2) is 0 Å². The number of benzene rings is 1. The summed E-state index contributed by atoms with van der Waals surface area (Å²) in [4.78, 5) is 0. The second kappa shape index (κ2) is 4.93. The zero-order valence-corrected chi connectivity index (χ0v) is 11.4. The SMILES string of the molecule is CCC1CC1NC1CC(c2ccccc2OC)C1. The standard InChI is InChI=1S/C16H23NO/c1-3-11-10-15(11)17-13-8-12(9-13)14-6-4-5-7-16(14)18-2/h4-7,11-13,15,17H,3,8-10H2,1-2H3. The Kier molecular flexibility index (Phi) is 3.29. The first kappa shape index (κ1) is 12.0. The summed E-state index contributed by atoms with van der Waals surface area (Å²) in [5.41, 5.74) is 1.39. The average molecular weight is 245 g/mol. The van der Waals surface area contributed by atoms with Crippen molar-refractivity contribution in [3.8, 4) is 5.75 Å². The Morgan fingerprint density at radius 1 is 1.22 bits per heavy atom. The number of methoxy groups -OCH3 is 1. The monoisotopic (exact) mass is 245 g/mol. The van der Waals surface area contributed by atoms with Crippen LogP contribution in [0.2, 0.25) is 0 Å². The second-order valence-electron chi connectivity index (χ2n) is 5.78. The van der Waals surface area contributed by atoms with Crippen LogP contribution in [0.15, 0.2) is 24.3 Å². The topological polar surface area (TPSA) is 21.3 Å². The molecule has 0 aromatic heterocycles. The summed E-state index contributed by atoms with van der Waals surface area (Å²) in [6.45, 7) is 2.30. The minimum absolute atomic E-state index is 0.692. The number of rotatable bonds is 5. The molecule has 1 aromatic rings. The molecular formula is C16H23NO. The number of hydrogen-bond donors (Lipinski definition) is 1. The Hall–Kier alpha value is -1.02. The summed E-state index contributed by atoms with van der Waals surface area (Å²) in [7, 11) is 1.77. The molecule has 0 heterocycles. The molecule has 2 aliphatic rings. The van der Waals surface area contributed by atoms with Crippen LogP contribution < -0.4 is 10.1 Å². The van der Waals surface area contributed by atoms with Crippen LogP contribution in [0.25, 0.3) is 0 Å². The van der Waals surface area contributed by atoms with Gasteiger partial charge < -0.3 is 10.1 Å². The molecule has 3 rings (SSSR count). The summed E-state index contributed by atoms with van der Waals surface area (Å²) in [6.07, 6.45) is 5.27. The van der Waals surface area contributed by atoms with Crippen molar-refractivity contribution in [2.24, 2.45) is 5.92 Å². The van der Waals surface area contributed by atoms with Crippen LogP contribution in [0.5, 0.6) is 5.75 Å². The van der Waals surface area contributed by atoms with Crippen molar-refractivity contribution in [3.05, 3.63) is 29.8 Å². The molecule has 18 heavy (non-hydrogen) atoms. The molecule has 2 nitrogen and oxygen atoms in total. The first-order valence-electron chi connectivity index (χ1n) is 7.20. The molecule has 0 saturated heterocycles. The van der Waals surface area contributed by atoms with Gasteiger partial charge in [0.25, 0.3) is 0 Å². The third-order valence-electron chi connectivity index (χ3n) is 4.61. The number of nitrogens with one attached hydrogen (secondary N) is 1. The average Bonchev–Trinajstić information content (AvgIpc) is 3.12. The smallest absolute Gasteiger partial charge is 0.122 e. The second-order valence-corrected chi connectivity index (χ2v) is 5.78. The van der Waals surface area contributed by atoms with Crippen molar-refractivity contribution in [1.82, 2.24) is 5.32 Å². The van der Waals surface area contributed by atoms with Gasteiger partial charge in [0.05, 0.1) is 7.11 Å². The van der Waals surface area contributed by atoms with E-state index in [4.69, 9.17) is 4.74 Å². The maximum atomic E-state index is 5.44. The van der Waals surface area contributed by atoms with E-state index in [2.05, 4.69) is 30.4 Å². The molecule has 2 saturated carbocycles. The number of para-hydroxylation sites is 1. The quantitative estimate of drug-likeness (QED) is 0.859. The minimum Gasteiger partial charge on any atom is -0.496 e. The maximum Gasteiger partial charge on any atom is 0.122 e. The molecule has 2 atom stereocenters. The van der Waals surface area contributed by atoms with Gasteiger partial charge in [-0.3, -0.25) is 0 Å². The molecule has 0 spiro atoms. The van der Waals surface area contributed by atoms with Crippen LogP contribution in [-0.2, 0) is 0 Å². The van der Waals surface area contributed by atoms with Crippen molar-refractivity contribution >= 4 is 0 Å². The third-order valence-corrected chi connectivity index (χ3v) is 4.61. The van der Waals surface area contributed by atoms with Crippen molar-refractivity contribution in [2.45, 2.75) is 50.6 Å². The minimum atomic E-state index is 0.692. The molecule has 2 aliphatic carbocycles. The van der Waals surface area contributed by atoms with Crippen LogP contribution in [-0.4, -0.2) is 19.2 Å². The molecule has 98 valence electrons. The highest BCUT2D eigenvalue weighted by molar-refractivity contribution is 5.37. The van der Waals surface area contributed by atoms with E-state index >= 15 is 0 Å². The molecule has 2 heteroatoms. The first-order chi connectivity index (χ1) is 8.81. The fourth-order valence-corrected chi connectivity index (χ4v) is 3.22. The molecular weight excluding hydrogens is 222 g/mol. The first-order valence-corrected chi connectivity index (χ1v) is 7.20. The van der Waals surface area contributed by atoms with Gasteiger partial charge in [0.15, 0.2) is 0 Å². The Labute approximate surface area is 110 Å². The van der Waals surface area contributed by atoms with Gasteiger partial charge in [-0.2, -0.15) is 0 Å². The molecule has 0 bridgehead atoms. The predicted octanol–water partition coefficient (Wildman–Crippen LogP) is 3.33. The lowest BCUT2D eigenvalue weighted by Gasteiger charge is -2.37. The van der Waals surface area contributed by atoms with Crippen molar-refractivity contribution in [2.75, 3.05) is 7.11 Å². The Bertz CT molecular complexity index is 411. The summed E-state index contributed by atoms with van der Waals surface area (Å²) in [5.74, 6) is 2.70. The van der Waals surface area contributed by atoms with Crippen LogP contribution in [0.1, 0.15) is 44.1 Å². The van der Waals surface area contributed by atoms with Gasteiger partial charge in [-0.15, -0.1) is 0 Å². The lowest BCUT2D eigenvalue weighted by atomic mass is 9.75. The maximum absolute atomic E-state index is 5.44. The van der Waals surface area contributed by atoms with E-state index in [-0.39, 0.29) is 0 Å². The Morgan fingerprint density at radius 2 is 2.00 bits per heavy atom. The molecule has 0 amide bonds. The van der Waals surface area contributed by atoms with Gasteiger partial charge in [-0.1, -0.05) is 31.5 Å². The summed E-state index contributed by atoms with van der Waals surface area (Å²) in [6, 6.07) is 10.0. The van der Waals surface area contributed by atoms with Crippen LogP contribution in [0.4, 0.5) is 0 Å². The lowest BCUT2D eigenvalue weighted by molar-refractivity contribution is 0.277. The number of ether oxygens (including phenoxy) is 1. The van der Waals surface area contributed by atoms with Gasteiger partial charge >= 0.3 is 0 Å². The van der Waals surface area contributed by atoms with E-state index in [9.17, 15) is 0 Å². The highest BCUT2D eigenvalue weighted by Crippen LogP contribution is 2.43. The van der Waals surface area contributed by atoms with Crippen molar-refractivity contribution in [1.29, 1.82) is 0 Å². The summed E-state index contributed by atoms with van der Waals surface area (Å²) in [5, 5.41) is 3.79. The Morgan fingerprint density at radius 3 is 2.67 bits per heavy atom. The van der Waals surface area contributed by atoms with E-state index in [1.54, 1.807) is 7.11 Å². The van der Waals surface area contributed by atoms with Gasteiger partial charge in [0, 0.05) is 12.1 Å². The normalized spacial score (nSPS) is 33.9. The fourth-order valence-electron chi connectivity index (χ4n) is 3.22. The van der Waals surface area contributed by atoms with Crippen LogP contribution in [0, 0.1) is 5.92 Å². The van der Waals surface area contributed by atoms with E-state index < -0.39 is 0 Å². The summed E-state index contributed by atoms with van der Waals surface area (Å²) < 4.78 is 5.44. The van der Waals surface area contributed by atoms with Crippen molar-refractivity contribution in [3.63, 3.8) is 0 Å². The molecule has 2 unspecified atom stereocenters. The van der Waals surface area contributed by atoms with Crippen molar-refractivity contribution < 1.29 is 4.74 Å². The van der Waals surface area contributed by atoms with Crippen LogP contribution in [0.3, 0.4) is 0 Å². The molecule has 1 aromatic carbocycles. The largest absolute Gasteiger partial charge is 0.496 e. The van der Waals surface area contributed by atoms with E-state index in [0.717, 1.165) is 23.8 Å². The van der Waals surface area contributed by atoms with Gasteiger partial charge in [0.2, 0.25) is 0 Å². The van der Waals surface area contributed by atoms with Crippen LogP contribution >= 0.6 is 0 Å². The lowest BCUT2D eigenvalue weighted by Crippen LogP contribution is -2.41. The zero-order valence-electron chi connectivity index (χ0n) is 11.4. The van der Waals surface area contributed by atoms with E-state index in [0.29, 0.717) is 5.92 Å². The predicted molar refractivity (Wildman–Crippen MR) is 74.1 cm³/mol. The highest BCUT2D eigenvalue weighted by Gasteiger charge is 2.40. The van der Waals surface area contributed by atoms with Gasteiger partial charge in [-0.05, 0) is 42.7 Å². The summed E-state index contributed by atoms with van der Waals surface area (Å²) >= 11 is 0. The molecule has 1 N–H and O–H groups in total. The zero-order chi connectivity index (χ0) is 12.5. The number of hydrogen-bond acceptors (Lipinski definition) is 2.